The molecule has 0 aliphatic carbocycles. The van der Waals surface area contributed by atoms with Crippen LogP contribution in [-0.2, 0) is 16.6 Å². The summed E-state index contributed by atoms with van der Waals surface area (Å²) < 4.78 is 0. The van der Waals surface area contributed by atoms with Gasteiger partial charge in [0.05, 0.1) is 6.42 Å². The minimum absolute atomic E-state index is 0.0881. The van der Waals surface area contributed by atoms with Crippen LogP contribution in [0.2, 0.25) is 0 Å². The van der Waals surface area contributed by atoms with E-state index in [0.717, 1.165) is 12.0 Å². The van der Waals surface area contributed by atoms with Gasteiger partial charge in [0, 0.05) is 12.1 Å². The maximum Gasteiger partial charge on any atom is 0.224 e. The Labute approximate surface area is 115 Å². The minimum atomic E-state index is -0.143. The highest BCUT2D eigenvalue weighted by Crippen LogP contribution is 2.33. The van der Waals surface area contributed by atoms with Gasteiger partial charge in [-0.25, -0.2) is 0 Å². The Hall–Kier alpha value is -1.55. The topological polar surface area (TPSA) is 75.4 Å². The van der Waals surface area contributed by atoms with Crippen molar-refractivity contribution in [3.8, 4) is 5.75 Å². The van der Waals surface area contributed by atoms with E-state index in [9.17, 15) is 9.90 Å². The molecule has 4 N–H and O–H groups in total. The Morgan fingerprint density at radius 2 is 2.05 bits per heavy atom. The van der Waals surface area contributed by atoms with Gasteiger partial charge in [0.25, 0.3) is 0 Å². The number of phenols is 1. The number of carbonyl (C=O) groups excluding carboxylic acids is 1. The number of para-hydroxylation sites is 1. The maximum atomic E-state index is 11.7. The summed E-state index contributed by atoms with van der Waals surface area (Å²) in [5.74, 6) is 0.138. The summed E-state index contributed by atoms with van der Waals surface area (Å²) in [6, 6.07) is 5.56. The van der Waals surface area contributed by atoms with Gasteiger partial charge in [0.2, 0.25) is 5.91 Å². The number of rotatable bonds is 5. The largest absolute Gasteiger partial charge is 0.507 e. The molecule has 0 fully saturated rings. The van der Waals surface area contributed by atoms with E-state index < -0.39 is 0 Å². The van der Waals surface area contributed by atoms with Gasteiger partial charge >= 0.3 is 0 Å². The van der Waals surface area contributed by atoms with Gasteiger partial charge in [-0.3, -0.25) is 4.79 Å². The molecular formula is C15H24N2O2. The van der Waals surface area contributed by atoms with Gasteiger partial charge < -0.3 is 16.2 Å². The van der Waals surface area contributed by atoms with Crippen LogP contribution in [0.4, 0.5) is 0 Å². The first kappa shape index (κ1) is 15.5. The van der Waals surface area contributed by atoms with Crippen LogP contribution < -0.4 is 11.1 Å². The molecule has 0 aromatic heterocycles. The standard InChI is InChI=1S/C15H24N2O2/c1-15(2,3)12-7-4-6-11(14(12)19)10-13(18)17-9-5-8-16/h4,6-7,19H,5,8-10,16H2,1-3H3,(H,17,18). The number of benzene rings is 1. The van der Waals surface area contributed by atoms with E-state index in [-0.39, 0.29) is 23.5 Å². The third-order valence-electron chi connectivity index (χ3n) is 2.98. The van der Waals surface area contributed by atoms with Gasteiger partial charge in [-0.2, -0.15) is 0 Å². The Kier molecular flexibility index (Phi) is 5.36. The number of nitrogens with one attached hydrogen (secondary N) is 1. The third kappa shape index (κ3) is 4.56. The number of aromatic hydroxyl groups is 1. The SMILES string of the molecule is CC(C)(C)c1cccc(CC(=O)NCCCN)c1O. The molecule has 19 heavy (non-hydrogen) atoms. The average Bonchev–Trinajstić information content (AvgIpc) is 2.30. The molecule has 0 aliphatic heterocycles. The normalized spacial score (nSPS) is 11.4. The molecule has 4 nitrogen and oxygen atoms in total. The highest BCUT2D eigenvalue weighted by atomic mass is 16.3. The predicted molar refractivity (Wildman–Crippen MR) is 77.2 cm³/mol. The Bertz CT molecular complexity index is 436. The lowest BCUT2D eigenvalue weighted by Crippen LogP contribution is -2.27. The molecule has 0 heterocycles. The van der Waals surface area contributed by atoms with Crippen LogP contribution in [0.5, 0.6) is 5.75 Å². The second-order valence-electron chi connectivity index (χ2n) is 5.73. The zero-order chi connectivity index (χ0) is 14.5. The first-order valence-electron chi connectivity index (χ1n) is 6.64. The van der Waals surface area contributed by atoms with E-state index in [2.05, 4.69) is 5.32 Å². The van der Waals surface area contributed by atoms with Crippen molar-refractivity contribution in [3.05, 3.63) is 29.3 Å². The van der Waals surface area contributed by atoms with E-state index in [1.807, 2.05) is 32.9 Å². The summed E-state index contributed by atoms with van der Waals surface area (Å²) in [5.41, 5.74) is 6.75. The van der Waals surface area contributed by atoms with Gasteiger partial charge in [0.15, 0.2) is 0 Å². The highest BCUT2D eigenvalue weighted by Gasteiger charge is 2.20. The van der Waals surface area contributed by atoms with Crippen molar-refractivity contribution in [2.45, 2.75) is 39.0 Å². The molecule has 0 saturated heterocycles. The van der Waals surface area contributed by atoms with Crippen molar-refractivity contribution in [3.63, 3.8) is 0 Å². The number of phenolic OH excluding ortho intramolecular Hbond substituents is 1. The van der Waals surface area contributed by atoms with Crippen LogP contribution >= 0.6 is 0 Å². The first-order valence-corrected chi connectivity index (χ1v) is 6.64. The lowest BCUT2D eigenvalue weighted by atomic mass is 9.85. The predicted octanol–water partition coefficient (Wildman–Crippen LogP) is 1.70. The molecule has 0 unspecified atom stereocenters. The third-order valence-corrected chi connectivity index (χ3v) is 2.98. The lowest BCUT2D eigenvalue weighted by molar-refractivity contribution is -0.120. The molecule has 0 aliphatic rings. The fourth-order valence-electron chi connectivity index (χ4n) is 1.90. The zero-order valence-electron chi connectivity index (χ0n) is 12.0. The fraction of sp³-hybridized carbons (Fsp3) is 0.533. The molecule has 0 bridgehead atoms. The minimum Gasteiger partial charge on any atom is -0.507 e. The number of nitrogens with two attached hydrogens (primary N) is 1. The molecule has 106 valence electrons. The van der Waals surface area contributed by atoms with Crippen LogP contribution in [0.1, 0.15) is 38.3 Å². The van der Waals surface area contributed by atoms with Crippen molar-refractivity contribution in [2.24, 2.45) is 5.73 Å². The fourth-order valence-corrected chi connectivity index (χ4v) is 1.90. The molecule has 1 aromatic carbocycles. The van der Waals surface area contributed by atoms with Gasteiger partial charge in [0.1, 0.15) is 5.75 Å². The van der Waals surface area contributed by atoms with Crippen LogP contribution in [-0.4, -0.2) is 24.1 Å². The number of carbonyl (C=O) groups is 1. The highest BCUT2D eigenvalue weighted by molar-refractivity contribution is 5.79. The summed E-state index contributed by atoms with van der Waals surface area (Å²) in [6.07, 6.45) is 0.958. The van der Waals surface area contributed by atoms with Crippen molar-refractivity contribution < 1.29 is 9.90 Å². The number of hydrogen-bond donors (Lipinski definition) is 3. The lowest BCUT2D eigenvalue weighted by Gasteiger charge is -2.21. The summed E-state index contributed by atoms with van der Waals surface area (Å²) in [4.78, 5) is 11.7. The van der Waals surface area contributed by atoms with Gasteiger partial charge in [-0.1, -0.05) is 39.0 Å². The Morgan fingerprint density at radius 1 is 1.37 bits per heavy atom. The molecule has 0 spiro atoms. The number of hydrogen-bond acceptors (Lipinski definition) is 3. The zero-order valence-corrected chi connectivity index (χ0v) is 12.0. The molecular weight excluding hydrogens is 240 g/mol. The number of amides is 1. The van der Waals surface area contributed by atoms with E-state index in [4.69, 9.17) is 5.73 Å². The molecule has 1 aromatic rings. The van der Waals surface area contributed by atoms with E-state index in [1.165, 1.54) is 0 Å². The van der Waals surface area contributed by atoms with E-state index in [0.29, 0.717) is 18.7 Å². The summed E-state index contributed by atoms with van der Waals surface area (Å²) in [5, 5.41) is 13.0. The molecule has 1 amide bonds. The maximum absolute atomic E-state index is 11.7. The molecule has 0 saturated carbocycles. The average molecular weight is 264 g/mol. The first-order chi connectivity index (χ1) is 8.86. The van der Waals surface area contributed by atoms with Crippen LogP contribution in [0.3, 0.4) is 0 Å². The van der Waals surface area contributed by atoms with Crippen LogP contribution in [0.25, 0.3) is 0 Å². The van der Waals surface area contributed by atoms with Crippen molar-refractivity contribution in [1.82, 2.24) is 5.32 Å². The summed E-state index contributed by atoms with van der Waals surface area (Å²) in [7, 11) is 0. The van der Waals surface area contributed by atoms with Crippen LogP contribution in [0, 0.1) is 0 Å². The second kappa shape index (κ2) is 6.57. The van der Waals surface area contributed by atoms with Crippen LogP contribution in [0.15, 0.2) is 18.2 Å². The van der Waals surface area contributed by atoms with Crippen molar-refractivity contribution in [2.75, 3.05) is 13.1 Å². The van der Waals surface area contributed by atoms with E-state index >= 15 is 0 Å². The monoisotopic (exact) mass is 264 g/mol. The molecule has 0 atom stereocenters. The summed E-state index contributed by atoms with van der Waals surface area (Å²) in [6.45, 7) is 7.24. The smallest absolute Gasteiger partial charge is 0.224 e. The summed E-state index contributed by atoms with van der Waals surface area (Å²) >= 11 is 0. The molecule has 0 radical (unpaired) electrons. The quantitative estimate of drug-likeness (QED) is 0.708. The molecule has 1 rings (SSSR count). The van der Waals surface area contributed by atoms with Crippen molar-refractivity contribution >= 4 is 5.91 Å². The Morgan fingerprint density at radius 3 is 2.63 bits per heavy atom. The second-order valence-corrected chi connectivity index (χ2v) is 5.73. The van der Waals surface area contributed by atoms with Crippen molar-refractivity contribution in [1.29, 1.82) is 0 Å². The molecule has 4 heteroatoms. The van der Waals surface area contributed by atoms with Gasteiger partial charge in [-0.05, 0) is 23.9 Å². The van der Waals surface area contributed by atoms with Gasteiger partial charge in [-0.15, -0.1) is 0 Å². The van der Waals surface area contributed by atoms with E-state index in [1.54, 1.807) is 6.07 Å². The Balaban J connectivity index is 2.77.